The standard InChI is InChI=1S/C33H52O5.C33H50O5/c2*1-30(2,3)22-15-24(32(7,8)9)28(17-26(22)35-13)37-19-21(34)20-38-29-18-27(36-14)23(31(4,5)6)16-25(29)33(10,11)12/h15-18,21,34H,19-20H2,1-14H3;15-18H,19-20H2,1-14H3. The molecule has 0 aromatic heterocycles. The minimum atomic E-state index is -0.822. The van der Waals surface area contributed by atoms with Gasteiger partial charge in [0.15, 0.2) is 13.2 Å². The quantitative estimate of drug-likeness (QED) is 0.116. The number of benzene rings is 4. The SMILES string of the molecule is COc1cc(OCC(=O)COc2cc(OC)c(C(C)(C)C)cc2C(C)(C)C)c(C(C)(C)C)cc1C(C)(C)C.COc1cc(OCC(O)COc2cc(OC)c(C(C)(C)C)cc2C(C)(C)C)c(C(C)(C)C)cc1C(C)(C)C. The third-order valence-corrected chi connectivity index (χ3v) is 13.3. The van der Waals surface area contributed by atoms with E-state index >= 15 is 0 Å². The predicted octanol–water partition coefficient (Wildman–Crippen LogP) is 15.6. The number of carbonyl (C=O) groups is 1. The minimum absolute atomic E-state index is 0.0778. The summed E-state index contributed by atoms with van der Waals surface area (Å²) in [7, 11) is 6.69. The number of hydrogen-bond acceptors (Lipinski definition) is 10. The van der Waals surface area contributed by atoms with Crippen LogP contribution < -0.4 is 37.9 Å². The van der Waals surface area contributed by atoms with E-state index in [1.54, 1.807) is 28.4 Å². The minimum Gasteiger partial charge on any atom is -0.496 e. The van der Waals surface area contributed by atoms with Gasteiger partial charge in [-0.15, -0.1) is 0 Å². The fourth-order valence-electron chi connectivity index (χ4n) is 8.86. The number of ketones is 1. The van der Waals surface area contributed by atoms with Gasteiger partial charge >= 0.3 is 0 Å². The molecule has 76 heavy (non-hydrogen) atoms. The zero-order chi connectivity index (χ0) is 58.5. The molecule has 0 saturated heterocycles. The maximum atomic E-state index is 13.0. The molecule has 1 N–H and O–H groups in total. The molecule has 0 bridgehead atoms. The molecule has 4 aromatic rings. The predicted molar refractivity (Wildman–Crippen MR) is 315 cm³/mol. The van der Waals surface area contributed by atoms with Gasteiger partial charge in [-0.1, -0.05) is 166 Å². The Labute approximate surface area is 461 Å². The lowest BCUT2D eigenvalue weighted by Crippen LogP contribution is -2.27. The number of rotatable bonds is 16. The van der Waals surface area contributed by atoms with Gasteiger partial charge in [0.25, 0.3) is 0 Å². The summed E-state index contributed by atoms with van der Waals surface area (Å²) in [5, 5.41) is 10.9. The van der Waals surface area contributed by atoms with Crippen molar-refractivity contribution in [2.24, 2.45) is 0 Å². The van der Waals surface area contributed by atoms with Crippen LogP contribution in [0.2, 0.25) is 0 Å². The second kappa shape index (κ2) is 24.3. The van der Waals surface area contributed by atoms with Gasteiger partial charge < -0.3 is 43.0 Å². The Kier molecular flexibility index (Phi) is 20.8. The lowest BCUT2D eigenvalue weighted by molar-refractivity contribution is -0.123. The summed E-state index contributed by atoms with van der Waals surface area (Å²) in [6, 6.07) is 16.4. The Morgan fingerprint density at radius 2 is 0.487 bits per heavy atom. The highest BCUT2D eigenvalue weighted by atomic mass is 16.5. The van der Waals surface area contributed by atoms with Crippen molar-refractivity contribution in [1.82, 2.24) is 0 Å². The molecule has 0 saturated carbocycles. The van der Waals surface area contributed by atoms with Crippen LogP contribution in [0, 0.1) is 0 Å². The second-order valence-electron chi connectivity index (χ2n) is 28.6. The molecule has 0 spiro atoms. The fraction of sp³-hybridized carbons (Fsp3) is 0.621. The number of carbonyl (C=O) groups excluding carboxylic acids is 1. The molecule has 10 nitrogen and oxygen atoms in total. The van der Waals surface area contributed by atoms with Crippen LogP contribution in [-0.2, 0) is 48.1 Å². The Balaban J connectivity index is 0.000000400. The van der Waals surface area contributed by atoms with Crippen molar-refractivity contribution in [3.8, 4) is 46.0 Å². The van der Waals surface area contributed by atoms with Gasteiger partial charge in [-0.05, 0) is 67.6 Å². The Hall–Kier alpha value is -5.09. The zero-order valence-corrected chi connectivity index (χ0v) is 52.6. The van der Waals surface area contributed by atoms with Gasteiger partial charge in [-0.25, -0.2) is 0 Å². The first-order valence-electron chi connectivity index (χ1n) is 27.0. The van der Waals surface area contributed by atoms with Gasteiger partial charge in [0.2, 0.25) is 5.78 Å². The molecule has 0 aliphatic carbocycles. The van der Waals surface area contributed by atoms with Crippen LogP contribution in [0.3, 0.4) is 0 Å². The summed E-state index contributed by atoms with van der Waals surface area (Å²) < 4.78 is 47.4. The van der Waals surface area contributed by atoms with E-state index in [0.29, 0.717) is 23.0 Å². The summed E-state index contributed by atoms with van der Waals surface area (Å²) in [6.07, 6.45) is -0.822. The van der Waals surface area contributed by atoms with Crippen molar-refractivity contribution in [1.29, 1.82) is 0 Å². The zero-order valence-electron chi connectivity index (χ0n) is 52.6. The maximum Gasteiger partial charge on any atom is 0.207 e. The molecule has 0 unspecified atom stereocenters. The molecule has 0 heterocycles. The molecule has 4 aromatic carbocycles. The number of hydrogen-bond donors (Lipinski definition) is 1. The number of Topliss-reactive ketones (excluding diaryl/α,β-unsaturated/α-hetero) is 1. The third-order valence-electron chi connectivity index (χ3n) is 13.3. The van der Waals surface area contributed by atoms with E-state index < -0.39 is 6.10 Å². The number of aliphatic hydroxyl groups is 1. The van der Waals surface area contributed by atoms with Crippen molar-refractivity contribution in [2.75, 3.05) is 54.9 Å². The van der Waals surface area contributed by atoms with E-state index in [-0.39, 0.29) is 75.5 Å². The first-order valence-corrected chi connectivity index (χ1v) is 27.0. The van der Waals surface area contributed by atoms with E-state index in [1.807, 2.05) is 24.3 Å². The average molecular weight is 1060 g/mol. The highest BCUT2D eigenvalue weighted by molar-refractivity contribution is 5.81. The van der Waals surface area contributed by atoms with Crippen LogP contribution in [0.25, 0.3) is 0 Å². The number of methoxy groups -OCH3 is 4. The molecule has 0 aliphatic rings. The molecular weight excluding hydrogens is 953 g/mol. The topological polar surface area (TPSA) is 111 Å². The summed E-state index contributed by atoms with van der Waals surface area (Å²) >= 11 is 0. The Bertz CT molecular complexity index is 2400. The highest BCUT2D eigenvalue weighted by Gasteiger charge is 2.32. The van der Waals surface area contributed by atoms with Crippen molar-refractivity contribution in [3.63, 3.8) is 0 Å². The summed E-state index contributed by atoms with van der Waals surface area (Å²) in [4.78, 5) is 13.0. The van der Waals surface area contributed by atoms with Gasteiger partial charge in [0.1, 0.15) is 65.3 Å². The fourth-order valence-corrected chi connectivity index (χ4v) is 8.86. The van der Waals surface area contributed by atoms with Crippen molar-refractivity contribution >= 4 is 5.78 Å². The Morgan fingerprint density at radius 3 is 0.658 bits per heavy atom. The third kappa shape index (κ3) is 17.5. The molecule has 0 aliphatic heterocycles. The van der Waals surface area contributed by atoms with Gasteiger partial charge in [-0.2, -0.15) is 0 Å². The van der Waals surface area contributed by atoms with Crippen LogP contribution in [-0.4, -0.2) is 71.9 Å². The maximum absolute atomic E-state index is 13.0. The molecule has 0 fully saturated rings. The van der Waals surface area contributed by atoms with Gasteiger partial charge in [0, 0.05) is 68.8 Å². The van der Waals surface area contributed by atoms with E-state index in [2.05, 4.69) is 190 Å². The molecule has 0 amide bonds. The molecule has 4 rings (SSSR count). The smallest absolute Gasteiger partial charge is 0.207 e. The average Bonchev–Trinajstić information content (AvgIpc) is 3.27. The largest absolute Gasteiger partial charge is 0.496 e. The molecule has 0 atom stereocenters. The van der Waals surface area contributed by atoms with E-state index in [0.717, 1.165) is 67.5 Å². The summed E-state index contributed by atoms with van der Waals surface area (Å²) in [6.45, 7) is 51.8. The first kappa shape index (κ1) is 65.2. The summed E-state index contributed by atoms with van der Waals surface area (Å²) in [5.41, 5.74) is 7.72. The van der Waals surface area contributed by atoms with Crippen LogP contribution in [0.1, 0.15) is 211 Å². The van der Waals surface area contributed by atoms with E-state index in [9.17, 15) is 9.90 Å². The van der Waals surface area contributed by atoms with Crippen LogP contribution in [0.5, 0.6) is 46.0 Å². The van der Waals surface area contributed by atoms with E-state index in [1.165, 1.54) is 0 Å². The van der Waals surface area contributed by atoms with Crippen molar-refractivity contribution in [2.45, 2.75) is 216 Å². The highest BCUT2D eigenvalue weighted by Crippen LogP contribution is 2.45. The normalized spacial score (nSPS) is 12.9. The molecule has 0 radical (unpaired) electrons. The molecule has 10 heteroatoms. The number of aliphatic hydroxyl groups excluding tert-OH is 1. The van der Waals surface area contributed by atoms with Crippen LogP contribution in [0.15, 0.2) is 48.5 Å². The van der Waals surface area contributed by atoms with Crippen molar-refractivity contribution < 1.29 is 47.8 Å². The second-order valence-corrected chi connectivity index (χ2v) is 28.6. The first-order chi connectivity index (χ1) is 34.4. The lowest BCUT2D eigenvalue weighted by Gasteiger charge is -2.30. The molecular formula is C66H102O10. The van der Waals surface area contributed by atoms with E-state index in [4.69, 9.17) is 37.9 Å². The number of ether oxygens (including phenoxy) is 8. The van der Waals surface area contributed by atoms with Crippen LogP contribution in [0.4, 0.5) is 0 Å². The summed E-state index contributed by atoms with van der Waals surface area (Å²) in [5.74, 6) is 5.67. The molecule has 426 valence electrons. The van der Waals surface area contributed by atoms with Gasteiger partial charge in [-0.3, -0.25) is 4.79 Å². The Morgan fingerprint density at radius 1 is 0.316 bits per heavy atom. The van der Waals surface area contributed by atoms with Crippen molar-refractivity contribution in [3.05, 3.63) is 93.0 Å². The lowest BCUT2D eigenvalue weighted by atomic mass is 9.79. The monoisotopic (exact) mass is 1050 g/mol. The van der Waals surface area contributed by atoms with Crippen LogP contribution >= 0.6 is 0 Å². The van der Waals surface area contributed by atoms with Gasteiger partial charge in [0.05, 0.1) is 28.4 Å².